The lowest BCUT2D eigenvalue weighted by Gasteiger charge is -2.46. The van der Waals surface area contributed by atoms with Crippen LogP contribution in [-0.2, 0) is 29.1 Å². The monoisotopic (exact) mass is 620 g/mol. The normalized spacial score (nSPS) is 17.9. The maximum Gasteiger partial charge on any atom is 0.333 e. The number of hydrogen-bond donors (Lipinski definition) is 1. The molecule has 6 rings (SSSR count). The summed E-state index contributed by atoms with van der Waals surface area (Å²) in [5.74, 6) is -0.212. The van der Waals surface area contributed by atoms with Gasteiger partial charge >= 0.3 is 6.03 Å². The predicted octanol–water partition coefficient (Wildman–Crippen LogP) is 4.06. The number of urea groups is 1. The van der Waals surface area contributed by atoms with E-state index in [1.807, 2.05) is 72.8 Å². The van der Waals surface area contributed by atoms with Crippen LogP contribution < -0.4 is 10.1 Å². The van der Waals surface area contributed by atoms with E-state index in [4.69, 9.17) is 4.74 Å². The van der Waals surface area contributed by atoms with Crippen LogP contribution in [0.2, 0.25) is 0 Å². The standard InChI is InChI=1S/C35H33FN6O4/c1-46-29-15-11-24(12-16-29)19-31-34(44)39(21-27-7-4-6-26-5-2-3-8-30(26)27)22-32-41(23-33(43)42(31)32)40(18-17-37)35(45)38-20-25-9-13-28(36)14-10-25/h2-16,31-32H,18-23H2,1H3,(H,38,45)/t31-,32+/m0/s1. The minimum atomic E-state index is -0.828. The Morgan fingerprint density at radius 3 is 2.46 bits per heavy atom. The Kier molecular flexibility index (Phi) is 8.81. The van der Waals surface area contributed by atoms with Crippen molar-refractivity contribution in [3.63, 3.8) is 0 Å². The number of carbonyl (C=O) groups excluding carboxylic acids is 3. The van der Waals surface area contributed by atoms with Gasteiger partial charge in [0.15, 0.2) is 0 Å². The van der Waals surface area contributed by atoms with Gasteiger partial charge < -0.3 is 19.9 Å². The number of carbonyl (C=O) groups is 3. The quantitative estimate of drug-likeness (QED) is 0.283. The molecule has 2 saturated heterocycles. The second-order valence-electron chi connectivity index (χ2n) is 11.3. The average Bonchev–Trinajstić information content (AvgIpc) is 3.40. The van der Waals surface area contributed by atoms with Crippen LogP contribution >= 0.6 is 0 Å². The molecule has 10 nitrogen and oxygen atoms in total. The molecule has 0 saturated carbocycles. The van der Waals surface area contributed by atoms with Gasteiger partial charge in [0.25, 0.3) is 0 Å². The molecule has 2 heterocycles. The van der Waals surface area contributed by atoms with E-state index >= 15 is 0 Å². The summed E-state index contributed by atoms with van der Waals surface area (Å²) < 4.78 is 18.7. The highest BCUT2D eigenvalue weighted by Crippen LogP contribution is 2.31. The fourth-order valence-corrected chi connectivity index (χ4v) is 6.23. The summed E-state index contributed by atoms with van der Waals surface area (Å²) in [6.45, 7) is 0.0574. The molecule has 0 unspecified atom stereocenters. The molecule has 2 aliphatic heterocycles. The summed E-state index contributed by atoms with van der Waals surface area (Å²) in [5, 5.41) is 17.4. The SMILES string of the molecule is COc1ccc(C[C@H]2C(=O)N(Cc3cccc4ccccc34)C[C@H]3N2C(=O)CN3N(CC#N)C(=O)NCc2ccc(F)cc2)cc1. The number of fused-ring (bicyclic) bond motifs is 2. The second-order valence-corrected chi connectivity index (χ2v) is 11.3. The van der Waals surface area contributed by atoms with Gasteiger partial charge in [-0.2, -0.15) is 10.3 Å². The van der Waals surface area contributed by atoms with Gasteiger partial charge in [0.1, 0.15) is 30.3 Å². The van der Waals surface area contributed by atoms with Gasteiger partial charge in [-0.25, -0.2) is 14.2 Å². The highest BCUT2D eigenvalue weighted by atomic mass is 19.1. The van der Waals surface area contributed by atoms with Crippen LogP contribution in [0.25, 0.3) is 10.8 Å². The lowest BCUT2D eigenvalue weighted by Crippen LogP contribution is -2.66. The first-order chi connectivity index (χ1) is 22.4. The molecular formula is C35H33FN6O4. The topological polar surface area (TPSA) is 109 Å². The van der Waals surface area contributed by atoms with E-state index in [1.165, 1.54) is 17.1 Å². The molecule has 0 aromatic heterocycles. The Morgan fingerprint density at radius 1 is 1.00 bits per heavy atom. The third kappa shape index (κ3) is 6.20. The van der Waals surface area contributed by atoms with Crippen LogP contribution in [0.15, 0.2) is 91.0 Å². The number of amides is 4. The van der Waals surface area contributed by atoms with E-state index in [9.17, 15) is 24.0 Å². The Morgan fingerprint density at radius 2 is 1.72 bits per heavy atom. The Bertz CT molecular complexity index is 1790. The summed E-state index contributed by atoms with van der Waals surface area (Å²) in [6, 6.07) is 27.7. The summed E-state index contributed by atoms with van der Waals surface area (Å²) in [6.07, 6.45) is -0.423. The molecule has 0 bridgehead atoms. The predicted molar refractivity (Wildman–Crippen MR) is 168 cm³/mol. The van der Waals surface area contributed by atoms with E-state index in [-0.39, 0.29) is 50.2 Å². The lowest BCUT2D eigenvalue weighted by atomic mass is 9.99. The number of piperazine rings is 1. The van der Waals surface area contributed by atoms with Crippen LogP contribution in [0.1, 0.15) is 16.7 Å². The minimum absolute atomic E-state index is 0.100. The molecular weight excluding hydrogens is 587 g/mol. The number of nitrogens with one attached hydrogen (secondary N) is 1. The van der Waals surface area contributed by atoms with E-state index in [0.29, 0.717) is 17.9 Å². The van der Waals surface area contributed by atoms with Crippen molar-refractivity contribution >= 4 is 28.6 Å². The number of ether oxygens (including phenoxy) is 1. The Balaban J connectivity index is 1.31. The molecule has 2 atom stereocenters. The van der Waals surface area contributed by atoms with Crippen molar-refractivity contribution in [1.82, 2.24) is 25.1 Å². The van der Waals surface area contributed by atoms with Gasteiger partial charge in [-0.3, -0.25) is 9.59 Å². The fraction of sp³-hybridized carbons (Fsp3) is 0.257. The molecule has 1 N–H and O–H groups in total. The van der Waals surface area contributed by atoms with E-state index in [0.717, 1.165) is 21.9 Å². The van der Waals surface area contributed by atoms with Crippen molar-refractivity contribution in [2.45, 2.75) is 31.7 Å². The highest BCUT2D eigenvalue weighted by Gasteiger charge is 2.52. The van der Waals surface area contributed by atoms with Crippen molar-refractivity contribution in [3.05, 3.63) is 114 Å². The van der Waals surface area contributed by atoms with Crippen LogP contribution in [0.3, 0.4) is 0 Å². The Labute approximate surface area is 266 Å². The molecule has 11 heteroatoms. The van der Waals surface area contributed by atoms with Crippen molar-refractivity contribution in [2.24, 2.45) is 0 Å². The number of hydrogen-bond acceptors (Lipinski definition) is 6. The molecule has 0 radical (unpaired) electrons. The van der Waals surface area contributed by atoms with E-state index in [1.54, 1.807) is 34.1 Å². The van der Waals surface area contributed by atoms with Crippen LogP contribution in [0, 0.1) is 17.1 Å². The number of nitriles is 1. The van der Waals surface area contributed by atoms with Crippen molar-refractivity contribution < 1.29 is 23.5 Å². The average molecular weight is 621 g/mol. The maximum absolute atomic E-state index is 14.2. The highest BCUT2D eigenvalue weighted by molar-refractivity contribution is 5.92. The molecule has 2 fully saturated rings. The largest absolute Gasteiger partial charge is 0.497 e. The Hall–Kier alpha value is -5.47. The van der Waals surface area contributed by atoms with Gasteiger partial charge in [-0.15, -0.1) is 0 Å². The van der Waals surface area contributed by atoms with Gasteiger partial charge in [0.2, 0.25) is 11.8 Å². The van der Waals surface area contributed by atoms with Gasteiger partial charge in [0.05, 0.1) is 26.3 Å². The summed E-state index contributed by atoms with van der Waals surface area (Å²) in [4.78, 5) is 44.7. The molecule has 4 aromatic carbocycles. The number of nitrogens with zero attached hydrogens (tertiary/aromatic N) is 5. The number of benzene rings is 4. The molecule has 4 amide bonds. The van der Waals surface area contributed by atoms with Crippen LogP contribution in [0.4, 0.5) is 9.18 Å². The van der Waals surface area contributed by atoms with Crippen molar-refractivity contribution in [3.8, 4) is 11.8 Å². The van der Waals surface area contributed by atoms with E-state index in [2.05, 4.69) is 5.32 Å². The van der Waals surface area contributed by atoms with Gasteiger partial charge in [0, 0.05) is 19.5 Å². The number of hydrazine groups is 1. The minimum Gasteiger partial charge on any atom is -0.497 e. The molecule has 0 aliphatic carbocycles. The zero-order chi connectivity index (χ0) is 32.2. The molecule has 2 aliphatic rings. The number of methoxy groups -OCH3 is 1. The zero-order valence-electron chi connectivity index (χ0n) is 25.3. The van der Waals surface area contributed by atoms with Crippen molar-refractivity contribution in [1.29, 1.82) is 5.26 Å². The molecule has 234 valence electrons. The summed E-state index contributed by atoms with van der Waals surface area (Å²) >= 11 is 0. The smallest absolute Gasteiger partial charge is 0.333 e. The third-order valence-corrected chi connectivity index (χ3v) is 8.52. The zero-order valence-corrected chi connectivity index (χ0v) is 25.3. The second kappa shape index (κ2) is 13.3. The number of halogens is 1. The maximum atomic E-state index is 14.2. The van der Waals surface area contributed by atoms with Crippen molar-refractivity contribution in [2.75, 3.05) is 26.7 Å². The van der Waals surface area contributed by atoms with Gasteiger partial charge in [-0.05, 0) is 51.7 Å². The molecule has 46 heavy (non-hydrogen) atoms. The van der Waals surface area contributed by atoms with Crippen LogP contribution in [0.5, 0.6) is 5.75 Å². The first-order valence-electron chi connectivity index (χ1n) is 15.0. The van der Waals surface area contributed by atoms with Crippen LogP contribution in [-0.4, -0.2) is 76.6 Å². The summed E-state index contributed by atoms with van der Waals surface area (Å²) in [7, 11) is 1.58. The summed E-state index contributed by atoms with van der Waals surface area (Å²) in [5.41, 5.74) is 2.49. The van der Waals surface area contributed by atoms with E-state index < -0.39 is 18.2 Å². The number of rotatable bonds is 9. The van der Waals surface area contributed by atoms with Gasteiger partial charge in [-0.1, -0.05) is 66.7 Å². The third-order valence-electron chi connectivity index (χ3n) is 8.52. The first-order valence-corrected chi connectivity index (χ1v) is 15.0. The first kappa shape index (κ1) is 30.6. The lowest BCUT2D eigenvalue weighted by molar-refractivity contribution is -0.157. The fourth-order valence-electron chi connectivity index (χ4n) is 6.23. The molecule has 0 spiro atoms. The molecule has 4 aromatic rings.